The maximum atomic E-state index is 5.67. The molecule has 0 aromatic carbocycles. The van der Waals surface area contributed by atoms with Gasteiger partial charge in [0.05, 0.1) is 11.4 Å². The third-order valence-electron chi connectivity index (χ3n) is 2.68. The maximum absolute atomic E-state index is 5.67. The Morgan fingerprint density at radius 1 is 1.41 bits per heavy atom. The van der Waals surface area contributed by atoms with Crippen LogP contribution in [0.2, 0.25) is 0 Å². The number of rotatable bonds is 3. The number of imidazole rings is 1. The summed E-state index contributed by atoms with van der Waals surface area (Å²) in [5.74, 6) is 0. The fraction of sp³-hybridized carbons (Fsp3) is 0.167. The largest absolute Gasteiger partial charge is 0.330 e. The predicted octanol–water partition coefficient (Wildman–Crippen LogP) is 1.96. The molecule has 5 heteroatoms. The van der Waals surface area contributed by atoms with Crippen LogP contribution >= 0.6 is 11.3 Å². The van der Waals surface area contributed by atoms with E-state index < -0.39 is 0 Å². The minimum atomic E-state index is 0.622. The number of nitrogens with two attached hydrogens (primary N) is 1. The van der Waals surface area contributed by atoms with Gasteiger partial charge in [-0.1, -0.05) is 0 Å². The highest BCUT2D eigenvalue weighted by atomic mass is 32.1. The van der Waals surface area contributed by atoms with E-state index in [0.717, 1.165) is 28.3 Å². The molecule has 2 N–H and O–H groups in total. The SMILES string of the molecule is NCCc1c(-c2cccnc2)nc2sccn12. The smallest absolute Gasteiger partial charge is 0.194 e. The predicted molar refractivity (Wildman–Crippen MR) is 69.1 cm³/mol. The number of aromatic nitrogens is 3. The monoisotopic (exact) mass is 244 g/mol. The molecule has 0 aliphatic carbocycles. The molecule has 0 spiro atoms. The van der Waals surface area contributed by atoms with Crippen molar-refractivity contribution in [2.24, 2.45) is 5.73 Å². The van der Waals surface area contributed by atoms with Crippen molar-refractivity contribution in [2.45, 2.75) is 6.42 Å². The van der Waals surface area contributed by atoms with Crippen LogP contribution in [-0.2, 0) is 6.42 Å². The maximum Gasteiger partial charge on any atom is 0.194 e. The van der Waals surface area contributed by atoms with E-state index >= 15 is 0 Å². The van der Waals surface area contributed by atoms with E-state index in [1.807, 2.05) is 29.9 Å². The number of hydrogen-bond donors (Lipinski definition) is 1. The lowest BCUT2D eigenvalue weighted by Crippen LogP contribution is -2.05. The van der Waals surface area contributed by atoms with E-state index in [1.165, 1.54) is 0 Å². The topological polar surface area (TPSA) is 56.2 Å². The summed E-state index contributed by atoms with van der Waals surface area (Å²) in [6, 6.07) is 3.95. The van der Waals surface area contributed by atoms with E-state index in [4.69, 9.17) is 5.73 Å². The Morgan fingerprint density at radius 2 is 2.35 bits per heavy atom. The summed E-state index contributed by atoms with van der Waals surface area (Å²) in [4.78, 5) is 9.79. The van der Waals surface area contributed by atoms with Gasteiger partial charge in [-0.3, -0.25) is 9.38 Å². The molecular formula is C12H12N4S. The highest BCUT2D eigenvalue weighted by molar-refractivity contribution is 7.15. The summed E-state index contributed by atoms with van der Waals surface area (Å²) in [7, 11) is 0. The third-order valence-corrected chi connectivity index (χ3v) is 3.43. The summed E-state index contributed by atoms with van der Waals surface area (Å²) in [6.45, 7) is 0.622. The third kappa shape index (κ3) is 1.73. The first-order valence-corrected chi connectivity index (χ1v) is 6.33. The van der Waals surface area contributed by atoms with Crippen molar-refractivity contribution in [1.29, 1.82) is 0 Å². The second-order valence-electron chi connectivity index (χ2n) is 3.74. The van der Waals surface area contributed by atoms with E-state index in [1.54, 1.807) is 17.5 Å². The molecule has 0 amide bonds. The minimum Gasteiger partial charge on any atom is -0.330 e. The van der Waals surface area contributed by atoms with Crippen LogP contribution in [0.25, 0.3) is 16.2 Å². The van der Waals surface area contributed by atoms with Crippen LogP contribution in [0.5, 0.6) is 0 Å². The van der Waals surface area contributed by atoms with Gasteiger partial charge < -0.3 is 5.73 Å². The van der Waals surface area contributed by atoms with E-state index in [9.17, 15) is 0 Å². The molecule has 0 saturated carbocycles. The Morgan fingerprint density at radius 3 is 3.12 bits per heavy atom. The normalized spacial score (nSPS) is 11.1. The molecule has 0 bridgehead atoms. The Hall–Kier alpha value is -1.72. The molecule has 17 heavy (non-hydrogen) atoms. The number of fused-ring (bicyclic) bond motifs is 1. The summed E-state index contributed by atoms with van der Waals surface area (Å²) in [6.07, 6.45) is 6.47. The van der Waals surface area contributed by atoms with Gasteiger partial charge in [-0.25, -0.2) is 4.98 Å². The molecule has 3 rings (SSSR count). The molecule has 0 unspecified atom stereocenters. The van der Waals surface area contributed by atoms with Crippen molar-refractivity contribution < 1.29 is 0 Å². The summed E-state index contributed by atoms with van der Waals surface area (Å²) in [5, 5.41) is 2.04. The Labute approximate surface area is 103 Å². The van der Waals surface area contributed by atoms with Gasteiger partial charge in [0.2, 0.25) is 0 Å². The van der Waals surface area contributed by atoms with Gasteiger partial charge in [0.1, 0.15) is 0 Å². The van der Waals surface area contributed by atoms with Crippen LogP contribution in [0.1, 0.15) is 5.69 Å². The van der Waals surface area contributed by atoms with E-state index in [-0.39, 0.29) is 0 Å². The van der Waals surface area contributed by atoms with Crippen molar-refractivity contribution >= 4 is 16.3 Å². The van der Waals surface area contributed by atoms with Crippen LogP contribution in [0.3, 0.4) is 0 Å². The van der Waals surface area contributed by atoms with Crippen molar-refractivity contribution in [2.75, 3.05) is 6.54 Å². The van der Waals surface area contributed by atoms with Gasteiger partial charge >= 0.3 is 0 Å². The first-order valence-electron chi connectivity index (χ1n) is 5.45. The molecule has 86 valence electrons. The summed E-state index contributed by atoms with van der Waals surface area (Å²) < 4.78 is 2.11. The molecule has 0 aliphatic heterocycles. The lowest BCUT2D eigenvalue weighted by atomic mass is 10.1. The second kappa shape index (κ2) is 4.27. The zero-order chi connectivity index (χ0) is 11.7. The number of hydrogen-bond acceptors (Lipinski definition) is 4. The van der Waals surface area contributed by atoms with Crippen molar-refractivity contribution in [3.63, 3.8) is 0 Å². The van der Waals surface area contributed by atoms with Crippen LogP contribution in [-0.4, -0.2) is 20.9 Å². The second-order valence-corrected chi connectivity index (χ2v) is 4.62. The van der Waals surface area contributed by atoms with Gasteiger partial charge in [0.25, 0.3) is 0 Å². The van der Waals surface area contributed by atoms with Gasteiger partial charge in [-0.05, 0) is 18.7 Å². The minimum absolute atomic E-state index is 0.622. The molecule has 4 nitrogen and oxygen atoms in total. The van der Waals surface area contributed by atoms with E-state index in [2.05, 4.69) is 14.4 Å². The Bertz CT molecular complexity index is 626. The number of pyridine rings is 1. The average Bonchev–Trinajstić information content (AvgIpc) is 2.93. The molecule has 0 fully saturated rings. The first kappa shape index (κ1) is 10.4. The summed E-state index contributed by atoms with van der Waals surface area (Å²) in [5.41, 5.74) is 8.88. The van der Waals surface area contributed by atoms with Crippen molar-refractivity contribution in [3.8, 4) is 11.3 Å². The summed E-state index contributed by atoms with van der Waals surface area (Å²) >= 11 is 1.63. The fourth-order valence-electron chi connectivity index (χ4n) is 1.94. The van der Waals surface area contributed by atoms with Crippen molar-refractivity contribution in [3.05, 3.63) is 41.8 Å². The van der Waals surface area contributed by atoms with Crippen LogP contribution in [0.4, 0.5) is 0 Å². The molecule has 3 aromatic rings. The zero-order valence-electron chi connectivity index (χ0n) is 9.21. The lowest BCUT2D eigenvalue weighted by molar-refractivity contribution is 0.911. The van der Waals surface area contributed by atoms with E-state index in [0.29, 0.717) is 6.54 Å². The highest BCUT2D eigenvalue weighted by Gasteiger charge is 2.13. The average molecular weight is 244 g/mol. The molecule has 0 radical (unpaired) electrons. The van der Waals surface area contributed by atoms with Gasteiger partial charge in [-0.15, -0.1) is 11.3 Å². The van der Waals surface area contributed by atoms with Gasteiger partial charge in [0, 0.05) is 36.0 Å². The molecular weight excluding hydrogens is 232 g/mol. The van der Waals surface area contributed by atoms with Gasteiger partial charge in [0.15, 0.2) is 4.96 Å². The number of thiazole rings is 1. The Balaban J connectivity index is 2.21. The molecule has 0 aliphatic rings. The first-order chi connectivity index (χ1) is 8.40. The molecule has 3 aromatic heterocycles. The fourth-order valence-corrected chi connectivity index (χ4v) is 2.68. The molecule has 3 heterocycles. The van der Waals surface area contributed by atoms with Gasteiger partial charge in [-0.2, -0.15) is 0 Å². The quantitative estimate of drug-likeness (QED) is 0.766. The Kier molecular flexibility index (Phi) is 2.62. The number of nitrogens with zero attached hydrogens (tertiary/aromatic N) is 3. The zero-order valence-corrected chi connectivity index (χ0v) is 10.0. The van der Waals surface area contributed by atoms with Crippen molar-refractivity contribution in [1.82, 2.24) is 14.4 Å². The molecule has 0 saturated heterocycles. The van der Waals surface area contributed by atoms with Crippen LogP contribution in [0.15, 0.2) is 36.1 Å². The van der Waals surface area contributed by atoms with Crippen LogP contribution in [0, 0.1) is 0 Å². The standard InChI is InChI=1S/C12H12N4S/c13-4-3-10-11(9-2-1-5-14-8-9)15-12-16(10)6-7-17-12/h1-2,5-8H,3-4,13H2. The molecule has 0 atom stereocenters. The lowest BCUT2D eigenvalue weighted by Gasteiger charge is -2.01. The van der Waals surface area contributed by atoms with Crippen LogP contribution < -0.4 is 5.73 Å². The highest BCUT2D eigenvalue weighted by Crippen LogP contribution is 2.26.